The van der Waals surface area contributed by atoms with Crippen LogP contribution in [0.4, 0.5) is 0 Å². The molecule has 0 aliphatic carbocycles. The number of unbranched alkanes of at least 4 members (excludes halogenated alkanes) is 9. The summed E-state index contributed by atoms with van der Waals surface area (Å²) in [6.45, 7) is 7.92. The van der Waals surface area contributed by atoms with Gasteiger partial charge in [0.25, 0.3) is 0 Å². The number of aliphatic hydroxyl groups excluding tert-OH is 1. The lowest BCUT2D eigenvalue weighted by atomic mass is 10.1. The van der Waals surface area contributed by atoms with E-state index in [0.29, 0.717) is 19.5 Å². The van der Waals surface area contributed by atoms with E-state index in [1.54, 1.807) is 0 Å². The van der Waals surface area contributed by atoms with Crippen LogP contribution in [0.15, 0.2) is 0 Å². The van der Waals surface area contributed by atoms with Gasteiger partial charge >= 0.3 is 0 Å². The predicted molar refractivity (Wildman–Crippen MR) is 103 cm³/mol. The smallest absolute Gasteiger partial charge is 0.220 e. The van der Waals surface area contributed by atoms with Gasteiger partial charge in [-0.15, -0.1) is 0 Å². The number of aliphatic hydroxyl groups is 1. The van der Waals surface area contributed by atoms with Crippen molar-refractivity contribution in [3.05, 3.63) is 0 Å². The van der Waals surface area contributed by atoms with Crippen LogP contribution in [0.3, 0.4) is 0 Å². The first kappa shape index (κ1) is 23.4. The minimum absolute atomic E-state index is 0.176. The van der Waals surface area contributed by atoms with Crippen LogP contribution in [-0.4, -0.2) is 48.7 Å². The molecule has 0 aliphatic rings. The quantitative estimate of drug-likeness (QED) is 0.368. The van der Waals surface area contributed by atoms with Crippen molar-refractivity contribution in [1.29, 1.82) is 0 Å². The molecule has 0 aromatic rings. The summed E-state index contributed by atoms with van der Waals surface area (Å²) in [5.74, 6) is 0.176. The van der Waals surface area contributed by atoms with Gasteiger partial charge in [0, 0.05) is 26.1 Å². The topological polar surface area (TPSA) is 52.6 Å². The first-order valence-corrected chi connectivity index (χ1v) is 10.3. The molecule has 0 heterocycles. The lowest BCUT2D eigenvalue weighted by molar-refractivity contribution is -0.121. The number of carbonyl (C=O) groups is 1. The van der Waals surface area contributed by atoms with Crippen molar-refractivity contribution >= 4 is 5.91 Å². The summed E-state index contributed by atoms with van der Waals surface area (Å²) in [7, 11) is 0. The van der Waals surface area contributed by atoms with Crippen LogP contribution < -0.4 is 5.32 Å². The fourth-order valence-corrected chi connectivity index (χ4v) is 2.92. The Morgan fingerprint density at radius 3 is 2.00 bits per heavy atom. The van der Waals surface area contributed by atoms with Crippen LogP contribution in [0.25, 0.3) is 0 Å². The normalized spacial score (nSPS) is 11.2. The maximum absolute atomic E-state index is 11.8. The Hall–Kier alpha value is -0.610. The zero-order valence-corrected chi connectivity index (χ0v) is 16.3. The molecule has 0 fully saturated rings. The number of nitrogens with zero attached hydrogens (tertiary/aromatic N) is 1. The molecule has 0 spiro atoms. The van der Waals surface area contributed by atoms with Gasteiger partial charge in [0.15, 0.2) is 0 Å². The van der Waals surface area contributed by atoms with Gasteiger partial charge in [-0.3, -0.25) is 9.69 Å². The van der Waals surface area contributed by atoms with Crippen LogP contribution in [0, 0.1) is 0 Å². The minimum Gasteiger partial charge on any atom is -0.395 e. The standard InChI is InChI=1S/C20H42N2O2/c1-3-5-7-9-11-13-16-22(18-19-23)17-15-21-20(24)14-12-10-8-6-4-2/h23H,3-19H2,1-2H3,(H,21,24). The first-order valence-electron chi connectivity index (χ1n) is 10.3. The number of hydrogen-bond donors (Lipinski definition) is 2. The SMILES string of the molecule is CCCCCCCCN(CCO)CCNC(=O)CCCCCCC. The molecule has 24 heavy (non-hydrogen) atoms. The molecule has 0 atom stereocenters. The highest BCUT2D eigenvalue weighted by atomic mass is 16.3. The third-order valence-corrected chi connectivity index (χ3v) is 4.50. The van der Waals surface area contributed by atoms with E-state index in [1.165, 1.54) is 57.8 Å². The Kier molecular flexibility index (Phi) is 18.2. The molecule has 144 valence electrons. The molecule has 4 nitrogen and oxygen atoms in total. The lowest BCUT2D eigenvalue weighted by Gasteiger charge is -2.21. The third kappa shape index (κ3) is 16.3. The zero-order chi connectivity index (χ0) is 17.9. The van der Waals surface area contributed by atoms with Crippen LogP contribution in [-0.2, 0) is 4.79 Å². The van der Waals surface area contributed by atoms with E-state index in [1.807, 2.05) is 0 Å². The van der Waals surface area contributed by atoms with Gasteiger partial charge in [0.2, 0.25) is 5.91 Å². The molecule has 0 unspecified atom stereocenters. The lowest BCUT2D eigenvalue weighted by Crippen LogP contribution is -2.36. The van der Waals surface area contributed by atoms with Crippen molar-refractivity contribution in [2.24, 2.45) is 0 Å². The van der Waals surface area contributed by atoms with Gasteiger partial charge < -0.3 is 10.4 Å². The molecule has 4 heteroatoms. The van der Waals surface area contributed by atoms with E-state index in [-0.39, 0.29) is 12.5 Å². The number of hydrogen-bond acceptors (Lipinski definition) is 3. The summed E-state index contributed by atoms with van der Waals surface area (Å²) in [4.78, 5) is 14.1. The van der Waals surface area contributed by atoms with Crippen LogP contribution in [0.2, 0.25) is 0 Å². The van der Waals surface area contributed by atoms with E-state index in [0.717, 1.165) is 25.9 Å². The third-order valence-electron chi connectivity index (χ3n) is 4.50. The Balaban J connectivity index is 3.62. The molecule has 0 rings (SSSR count). The highest BCUT2D eigenvalue weighted by molar-refractivity contribution is 5.75. The van der Waals surface area contributed by atoms with Gasteiger partial charge in [-0.05, 0) is 19.4 Å². The second kappa shape index (κ2) is 18.7. The Labute approximate surface area is 150 Å². The number of rotatable bonds is 18. The number of amides is 1. The van der Waals surface area contributed by atoms with E-state index in [9.17, 15) is 9.90 Å². The van der Waals surface area contributed by atoms with Gasteiger partial charge in [-0.25, -0.2) is 0 Å². The predicted octanol–water partition coefficient (Wildman–Crippen LogP) is 4.12. The van der Waals surface area contributed by atoms with Crippen molar-refractivity contribution in [3.63, 3.8) is 0 Å². The van der Waals surface area contributed by atoms with Crippen molar-refractivity contribution in [3.8, 4) is 0 Å². The molecular weight excluding hydrogens is 300 g/mol. The molecule has 0 saturated carbocycles. The molecule has 0 radical (unpaired) electrons. The summed E-state index contributed by atoms with van der Waals surface area (Å²) < 4.78 is 0. The summed E-state index contributed by atoms with van der Waals surface area (Å²) in [5, 5.41) is 12.2. The van der Waals surface area contributed by atoms with Gasteiger partial charge in [0.05, 0.1) is 6.61 Å². The van der Waals surface area contributed by atoms with E-state index in [4.69, 9.17) is 0 Å². The summed E-state index contributed by atoms with van der Waals surface area (Å²) >= 11 is 0. The molecule has 0 saturated heterocycles. The fraction of sp³-hybridized carbons (Fsp3) is 0.950. The Bertz CT molecular complexity index is 272. The summed E-state index contributed by atoms with van der Waals surface area (Å²) in [5.41, 5.74) is 0. The largest absolute Gasteiger partial charge is 0.395 e. The van der Waals surface area contributed by atoms with Gasteiger partial charge in [-0.2, -0.15) is 0 Å². The summed E-state index contributed by atoms with van der Waals surface area (Å²) in [6, 6.07) is 0. The van der Waals surface area contributed by atoms with Crippen molar-refractivity contribution in [1.82, 2.24) is 10.2 Å². The van der Waals surface area contributed by atoms with E-state index >= 15 is 0 Å². The highest BCUT2D eigenvalue weighted by Gasteiger charge is 2.06. The Morgan fingerprint density at radius 2 is 1.38 bits per heavy atom. The molecule has 0 bridgehead atoms. The van der Waals surface area contributed by atoms with Gasteiger partial charge in [-0.1, -0.05) is 71.6 Å². The first-order chi connectivity index (χ1) is 11.7. The van der Waals surface area contributed by atoms with E-state index in [2.05, 4.69) is 24.1 Å². The highest BCUT2D eigenvalue weighted by Crippen LogP contribution is 2.06. The second-order valence-electron chi connectivity index (χ2n) is 6.85. The molecule has 2 N–H and O–H groups in total. The average molecular weight is 343 g/mol. The van der Waals surface area contributed by atoms with Crippen LogP contribution in [0.5, 0.6) is 0 Å². The zero-order valence-electron chi connectivity index (χ0n) is 16.3. The number of nitrogens with one attached hydrogen (secondary N) is 1. The molecule has 0 aromatic carbocycles. The van der Waals surface area contributed by atoms with Crippen molar-refractivity contribution in [2.45, 2.75) is 90.9 Å². The van der Waals surface area contributed by atoms with Gasteiger partial charge in [0.1, 0.15) is 0 Å². The molecule has 0 aliphatic heterocycles. The minimum atomic E-state index is 0.176. The summed E-state index contributed by atoms with van der Waals surface area (Å²) in [6.07, 6.45) is 14.3. The second-order valence-corrected chi connectivity index (χ2v) is 6.85. The maximum atomic E-state index is 11.8. The van der Waals surface area contributed by atoms with Crippen LogP contribution in [0.1, 0.15) is 90.9 Å². The monoisotopic (exact) mass is 342 g/mol. The van der Waals surface area contributed by atoms with E-state index < -0.39 is 0 Å². The van der Waals surface area contributed by atoms with Crippen molar-refractivity contribution in [2.75, 3.05) is 32.8 Å². The molecular formula is C20H42N2O2. The van der Waals surface area contributed by atoms with Crippen molar-refractivity contribution < 1.29 is 9.90 Å². The Morgan fingerprint density at radius 1 is 0.792 bits per heavy atom. The fourth-order valence-electron chi connectivity index (χ4n) is 2.92. The molecule has 1 amide bonds. The maximum Gasteiger partial charge on any atom is 0.220 e. The average Bonchev–Trinajstić information content (AvgIpc) is 2.57. The van der Waals surface area contributed by atoms with Crippen LogP contribution >= 0.6 is 0 Å². The number of carbonyl (C=O) groups excluding carboxylic acids is 1. The molecule has 0 aromatic heterocycles.